The fraction of sp³-hybridized carbons (Fsp3) is 0.850. The molecule has 0 aromatic rings. The number of hydrogen-bond acceptors (Lipinski definition) is 3. The summed E-state index contributed by atoms with van der Waals surface area (Å²) in [6.45, 7) is 6.56. The van der Waals surface area contributed by atoms with E-state index in [1.807, 2.05) is 6.92 Å². The van der Waals surface area contributed by atoms with Crippen LogP contribution in [0.1, 0.15) is 65.7 Å². The summed E-state index contributed by atoms with van der Waals surface area (Å²) in [5, 5.41) is 21.7. The summed E-state index contributed by atoms with van der Waals surface area (Å²) >= 11 is 0. The molecule has 4 rings (SSSR count). The van der Waals surface area contributed by atoms with Gasteiger partial charge in [-0.25, -0.2) is 0 Å². The first-order chi connectivity index (χ1) is 10.7. The maximum atomic E-state index is 11.9. The van der Waals surface area contributed by atoms with Crippen LogP contribution in [0.4, 0.5) is 0 Å². The van der Waals surface area contributed by atoms with E-state index in [0.717, 1.165) is 44.1 Å². The number of hydrogen-bond donors (Lipinski definition) is 2. The van der Waals surface area contributed by atoms with Gasteiger partial charge < -0.3 is 10.2 Å². The summed E-state index contributed by atoms with van der Waals surface area (Å²) in [7, 11) is 0. The Morgan fingerprint density at radius 1 is 1.09 bits per heavy atom. The van der Waals surface area contributed by atoms with Crippen LogP contribution in [0.2, 0.25) is 0 Å². The lowest BCUT2D eigenvalue weighted by Gasteiger charge is -2.59. The van der Waals surface area contributed by atoms with E-state index in [4.69, 9.17) is 0 Å². The zero-order valence-electron chi connectivity index (χ0n) is 14.6. The minimum Gasteiger partial charge on any atom is -0.390 e. The summed E-state index contributed by atoms with van der Waals surface area (Å²) in [5.41, 5.74) is 0.387. The standard InChI is InChI=1S/C20H30O3/c1-18-7-4-12(21)10-16(18)17(22)11-13-14(18)5-8-19(2)15(13)6-9-20(19,3)23/h10,13-15,17,22-23H,4-9,11H2,1-3H3. The molecule has 0 spiro atoms. The van der Waals surface area contributed by atoms with Crippen LogP contribution < -0.4 is 0 Å². The molecule has 0 aromatic carbocycles. The van der Waals surface area contributed by atoms with E-state index in [9.17, 15) is 15.0 Å². The molecule has 3 fully saturated rings. The van der Waals surface area contributed by atoms with Crippen molar-refractivity contribution in [3.05, 3.63) is 11.6 Å². The van der Waals surface area contributed by atoms with Crippen molar-refractivity contribution in [1.82, 2.24) is 0 Å². The Morgan fingerprint density at radius 3 is 2.52 bits per heavy atom. The van der Waals surface area contributed by atoms with Crippen LogP contribution in [-0.4, -0.2) is 27.7 Å². The Hall–Kier alpha value is -0.670. The van der Waals surface area contributed by atoms with Gasteiger partial charge >= 0.3 is 0 Å². The Bertz CT molecular complexity index is 577. The van der Waals surface area contributed by atoms with Gasteiger partial charge in [-0.3, -0.25) is 4.79 Å². The first kappa shape index (κ1) is 15.8. The zero-order chi connectivity index (χ0) is 16.6. The molecular formula is C20H30O3. The molecule has 0 bridgehead atoms. The predicted molar refractivity (Wildman–Crippen MR) is 88.7 cm³/mol. The molecule has 0 aromatic heterocycles. The van der Waals surface area contributed by atoms with Crippen molar-refractivity contribution in [2.24, 2.45) is 28.6 Å². The molecule has 4 aliphatic rings. The Morgan fingerprint density at radius 2 is 1.78 bits per heavy atom. The van der Waals surface area contributed by atoms with Crippen LogP contribution in [0.3, 0.4) is 0 Å². The third kappa shape index (κ3) is 1.93. The van der Waals surface area contributed by atoms with Crippen molar-refractivity contribution in [2.75, 3.05) is 0 Å². The molecule has 0 heterocycles. The summed E-state index contributed by atoms with van der Waals surface area (Å²) < 4.78 is 0. The summed E-state index contributed by atoms with van der Waals surface area (Å²) in [6.07, 6.45) is 7.70. The number of carbonyl (C=O) groups is 1. The summed E-state index contributed by atoms with van der Waals surface area (Å²) in [6, 6.07) is 0. The molecule has 7 atom stereocenters. The van der Waals surface area contributed by atoms with Gasteiger partial charge in [0.05, 0.1) is 11.7 Å². The van der Waals surface area contributed by atoms with Gasteiger partial charge in [0, 0.05) is 6.42 Å². The minimum atomic E-state index is -0.576. The molecule has 3 saturated carbocycles. The predicted octanol–water partition coefficient (Wildman–Crippen LogP) is 3.24. The highest BCUT2D eigenvalue weighted by Gasteiger charge is 2.63. The highest BCUT2D eigenvalue weighted by atomic mass is 16.3. The topological polar surface area (TPSA) is 57.5 Å². The first-order valence-corrected chi connectivity index (χ1v) is 9.34. The SMILES string of the molecule is CC12CCC(=O)C=C1C(O)CC1C2CCC2(C)C1CCC2(C)O. The van der Waals surface area contributed by atoms with Crippen LogP contribution in [-0.2, 0) is 4.79 Å². The smallest absolute Gasteiger partial charge is 0.155 e. The van der Waals surface area contributed by atoms with Crippen molar-refractivity contribution in [2.45, 2.75) is 77.4 Å². The highest BCUT2D eigenvalue weighted by Crippen LogP contribution is 2.67. The quantitative estimate of drug-likeness (QED) is 0.721. The second-order valence-corrected chi connectivity index (χ2v) is 9.38. The molecule has 4 aliphatic carbocycles. The van der Waals surface area contributed by atoms with Crippen molar-refractivity contribution in [3.63, 3.8) is 0 Å². The van der Waals surface area contributed by atoms with Gasteiger partial charge in [0.15, 0.2) is 5.78 Å². The molecule has 0 amide bonds. The van der Waals surface area contributed by atoms with E-state index < -0.39 is 11.7 Å². The van der Waals surface area contributed by atoms with E-state index in [1.165, 1.54) is 0 Å². The molecule has 128 valence electrons. The van der Waals surface area contributed by atoms with Gasteiger partial charge in [-0.2, -0.15) is 0 Å². The molecule has 3 heteroatoms. The second kappa shape index (κ2) is 4.70. The molecular weight excluding hydrogens is 288 g/mol. The molecule has 3 nitrogen and oxygen atoms in total. The number of fused-ring (bicyclic) bond motifs is 5. The lowest BCUT2D eigenvalue weighted by Crippen LogP contribution is -2.56. The number of aliphatic hydroxyl groups is 2. The summed E-state index contributed by atoms with van der Waals surface area (Å²) in [5.74, 6) is 1.71. The van der Waals surface area contributed by atoms with E-state index in [0.29, 0.717) is 24.2 Å². The van der Waals surface area contributed by atoms with Gasteiger partial charge in [0.2, 0.25) is 0 Å². The van der Waals surface area contributed by atoms with Crippen LogP contribution >= 0.6 is 0 Å². The van der Waals surface area contributed by atoms with Crippen molar-refractivity contribution >= 4 is 5.78 Å². The Kier molecular flexibility index (Phi) is 3.23. The Labute approximate surface area is 139 Å². The van der Waals surface area contributed by atoms with Gasteiger partial charge in [0.25, 0.3) is 0 Å². The van der Waals surface area contributed by atoms with E-state index in [1.54, 1.807) is 6.08 Å². The van der Waals surface area contributed by atoms with Gasteiger partial charge in [-0.05, 0) is 85.7 Å². The summed E-state index contributed by atoms with van der Waals surface area (Å²) in [4.78, 5) is 11.9. The maximum Gasteiger partial charge on any atom is 0.155 e. The van der Waals surface area contributed by atoms with Crippen molar-refractivity contribution < 1.29 is 15.0 Å². The normalized spacial score (nSPS) is 55.7. The van der Waals surface area contributed by atoms with Gasteiger partial charge in [-0.1, -0.05) is 13.8 Å². The molecule has 7 unspecified atom stereocenters. The number of ketones is 1. The molecule has 23 heavy (non-hydrogen) atoms. The van der Waals surface area contributed by atoms with Crippen LogP contribution in [0.5, 0.6) is 0 Å². The molecule has 0 aliphatic heterocycles. The highest BCUT2D eigenvalue weighted by molar-refractivity contribution is 5.91. The van der Waals surface area contributed by atoms with Gasteiger partial charge in [0.1, 0.15) is 0 Å². The van der Waals surface area contributed by atoms with Crippen LogP contribution in [0.15, 0.2) is 11.6 Å². The minimum absolute atomic E-state index is 0.0179. The van der Waals surface area contributed by atoms with Crippen molar-refractivity contribution in [1.29, 1.82) is 0 Å². The van der Waals surface area contributed by atoms with E-state index >= 15 is 0 Å². The van der Waals surface area contributed by atoms with E-state index in [-0.39, 0.29) is 16.6 Å². The van der Waals surface area contributed by atoms with E-state index in [2.05, 4.69) is 13.8 Å². The van der Waals surface area contributed by atoms with Crippen molar-refractivity contribution in [3.8, 4) is 0 Å². The fourth-order valence-corrected chi connectivity index (χ4v) is 6.85. The number of rotatable bonds is 0. The molecule has 0 saturated heterocycles. The maximum absolute atomic E-state index is 11.9. The second-order valence-electron chi connectivity index (χ2n) is 9.38. The monoisotopic (exact) mass is 318 g/mol. The average molecular weight is 318 g/mol. The fourth-order valence-electron chi connectivity index (χ4n) is 6.85. The lowest BCUT2D eigenvalue weighted by atomic mass is 9.46. The van der Waals surface area contributed by atoms with Gasteiger partial charge in [-0.15, -0.1) is 0 Å². The molecule has 0 radical (unpaired) electrons. The van der Waals surface area contributed by atoms with Crippen LogP contribution in [0, 0.1) is 28.6 Å². The zero-order valence-corrected chi connectivity index (χ0v) is 14.6. The number of carbonyl (C=O) groups excluding carboxylic acids is 1. The number of aliphatic hydroxyl groups excluding tert-OH is 1. The lowest BCUT2D eigenvalue weighted by molar-refractivity contribution is -0.132. The third-order valence-corrected chi connectivity index (χ3v) is 8.54. The Balaban J connectivity index is 1.74. The largest absolute Gasteiger partial charge is 0.390 e. The molecule has 2 N–H and O–H groups in total. The van der Waals surface area contributed by atoms with Crippen LogP contribution in [0.25, 0.3) is 0 Å². The average Bonchev–Trinajstić information content (AvgIpc) is 2.72. The first-order valence-electron chi connectivity index (χ1n) is 9.34. The third-order valence-electron chi connectivity index (χ3n) is 8.54.